The van der Waals surface area contributed by atoms with E-state index in [0.29, 0.717) is 6.54 Å². The van der Waals surface area contributed by atoms with Crippen LogP contribution in [0.25, 0.3) is 0 Å². The van der Waals surface area contributed by atoms with Crippen molar-refractivity contribution in [1.82, 2.24) is 14.7 Å². The summed E-state index contributed by atoms with van der Waals surface area (Å²) in [5.41, 5.74) is 2.18. The van der Waals surface area contributed by atoms with Gasteiger partial charge >= 0.3 is 0 Å². The molecule has 2 rings (SSSR count). The van der Waals surface area contributed by atoms with Crippen molar-refractivity contribution in [3.05, 3.63) is 57.9 Å². The number of benzene rings is 1. The molecule has 0 N–H and O–H groups in total. The molecule has 0 aliphatic rings. The van der Waals surface area contributed by atoms with Crippen molar-refractivity contribution in [2.24, 2.45) is 7.05 Å². The third kappa shape index (κ3) is 3.62. The topological polar surface area (TPSA) is 64.2 Å². The lowest BCUT2D eigenvalue weighted by Crippen LogP contribution is -2.16. The maximum Gasteiger partial charge on any atom is 0.269 e. The predicted octanol–water partition coefficient (Wildman–Crippen LogP) is 1.96. The van der Waals surface area contributed by atoms with E-state index in [1.54, 1.807) is 16.8 Å². The number of aryl methyl sites for hydroxylation is 1. The van der Waals surface area contributed by atoms with E-state index < -0.39 is 0 Å². The van der Waals surface area contributed by atoms with E-state index >= 15 is 0 Å². The third-order valence-electron chi connectivity index (χ3n) is 2.78. The Morgan fingerprint density at radius 1 is 1.37 bits per heavy atom. The van der Waals surface area contributed by atoms with Crippen LogP contribution in [0.2, 0.25) is 0 Å². The van der Waals surface area contributed by atoms with Crippen LogP contribution in [0.1, 0.15) is 11.1 Å². The van der Waals surface area contributed by atoms with Crippen LogP contribution in [0.15, 0.2) is 36.7 Å². The largest absolute Gasteiger partial charge is 0.298 e. The minimum Gasteiger partial charge on any atom is -0.298 e. The number of hydrogen-bond acceptors (Lipinski definition) is 4. The second kappa shape index (κ2) is 5.62. The van der Waals surface area contributed by atoms with Gasteiger partial charge in [-0.1, -0.05) is 12.1 Å². The molecule has 0 fully saturated rings. The van der Waals surface area contributed by atoms with Crippen LogP contribution in [-0.2, 0) is 20.1 Å². The average molecular weight is 260 g/mol. The zero-order valence-electron chi connectivity index (χ0n) is 11.0. The summed E-state index contributed by atoms with van der Waals surface area (Å²) in [4.78, 5) is 12.4. The van der Waals surface area contributed by atoms with Crippen LogP contribution in [0, 0.1) is 10.1 Å². The highest BCUT2D eigenvalue weighted by Gasteiger charge is 2.08. The second-order valence-electron chi connectivity index (χ2n) is 4.62. The van der Waals surface area contributed by atoms with Crippen LogP contribution in [0.3, 0.4) is 0 Å². The molecule has 100 valence electrons. The summed E-state index contributed by atoms with van der Waals surface area (Å²) in [5, 5.41) is 14.8. The van der Waals surface area contributed by atoms with Crippen LogP contribution in [0.5, 0.6) is 0 Å². The Kier molecular flexibility index (Phi) is 3.91. The smallest absolute Gasteiger partial charge is 0.269 e. The number of nitro groups is 1. The molecular formula is C13H16N4O2. The molecule has 0 saturated carbocycles. The lowest BCUT2D eigenvalue weighted by molar-refractivity contribution is -0.384. The van der Waals surface area contributed by atoms with Gasteiger partial charge in [-0.15, -0.1) is 0 Å². The molecule has 0 atom stereocenters. The number of hydrogen-bond donors (Lipinski definition) is 0. The molecule has 0 unspecified atom stereocenters. The number of aromatic nitrogens is 2. The van der Waals surface area contributed by atoms with Gasteiger partial charge in [0, 0.05) is 44.0 Å². The van der Waals surface area contributed by atoms with Gasteiger partial charge in [0.25, 0.3) is 5.69 Å². The first-order chi connectivity index (χ1) is 9.04. The van der Waals surface area contributed by atoms with Crippen LogP contribution >= 0.6 is 0 Å². The number of rotatable bonds is 5. The van der Waals surface area contributed by atoms with Crippen LogP contribution in [-0.4, -0.2) is 26.7 Å². The SMILES string of the molecule is CN(Cc1cccc([N+](=O)[O-])c1)Cc1cnn(C)c1. The molecule has 0 aliphatic carbocycles. The monoisotopic (exact) mass is 260 g/mol. The quantitative estimate of drug-likeness (QED) is 0.609. The highest BCUT2D eigenvalue weighted by Crippen LogP contribution is 2.15. The summed E-state index contributed by atoms with van der Waals surface area (Å²) in [6, 6.07) is 6.72. The van der Waals surface area contributed by atoms with E-state index in [1.165, 1.54) is 6.07 Å². The minimum absolute atomic E-state index is 0.132. The molecule has 19 heavy (non-hydrogen) atoms. The van der Waals surface area contributed by atoms with E-state index in [0.717, 1.165) is 17.7 Å². The van der Waals surface area contributed by atoms with Gasteiger partial charge in [0.2, 0.25) is 0 Å². The Morgan fingerprint density at radius 3 is 2.74 bits per heavy atom. The fraction of sp³-hybridized carbons (Fsp3) is 0.308. The summed E-state index contributed by atoms with van der Waals surface area (Å²) in [7, 11) is 3.86. The van der Waals surface area contributed by atoms with Gasteiger partial charge in [-0.05, 0) is 12.6 Å². The van der Waals surface area contributed by atoms with Gasteiger partial charge in [-0.25, -0.2) is 0 Å². The fourth-order valence-electron chi connectivity index (χ4n) is 2.00. The Bertz CT molecular complexity index is 580. The van der Waals surface area contributed by atoms with E-state index in [-0.39, 0.29) is 10.6 Å². The average Bonchev–Trinajstić information content (AvgIpc) is 2.74. The van der Waals surface area contributed by atoms with Crippen molar-refractivity contribution in [1.29, 1.82) is 0 Å². The summed E-state index contributed by atoms with van der Waals surface area (Å²) < 4.78 is 1.76. The first-order valence-corrected chi connectivity index (χ1v) is 5.94. The van der Waals surface area contributed by atoms with Gasteiger partial charge in [0.1, 0.15) is 0 Å². The summed E-state index contributed by atoms with van der Waals surface area (Å²) >= 11 is 0. The van der Waals surface area contributed by atoms with Crippen molar-refractivity contribution in [2.75, 3.05) is 7.05 Å². The standard InChI is InChI=1S/C13H16N4O2/c1-15(9-12-7-14-16(2)10-12)8-11-4-3-5-13(6-11)17(18)19/h3-7,10H,8-9H2,1-2H3. The zero-order chi connectivity index (χ0) is 13.8. The number of nitro benzene ring substituents is 1. The predicted molar refractivity (Wildman–Crippen MR) is 71.5 cm³/mol. The molecule has 1 aromatic heterocycles. The molecule has 6 heteroatoms. The molecule has 1 aromatic carbocycles. The van der Waals surface area contributed by atoms with Crippen molar-refractivity contribution < 1.29 is 4.92 Å². The molecule has 0 aliphatic heterocycles. The lowest BCUT2D eigenvalue weighted by Gasteiger charge is -2.15. The highest BCUT2D eigenvalue weighted by molar-refractivity contribution is 5.34. The second-order valence-corrected chi connectivity index (χ2v) is 4.62. The Hall–Kier alpha value is -2.21. The van der Waals surface area contributed by atoms with Crippen molar-refractivity contribution >= 4 is 5.69 Å². The van der Waals surface area contributed by atoms with Crippen molar-refractivity contribution in [3.63, 3.8) is 0 Å². The van der Waals surface area contributed by atoms with Crippen molar-refractivity contribution in [2.45, 2.75) is 13.1 Å². The molecule has 0 amide bonds. The summed E-state index contributed by atoms with van der Waals surface area (Å²) in [5.74, 6) is 0. The Morgan fingerprint density at radius 2 is 2.11 bits per heavy atom. The molecule has 0 saturated heterocycles. The van der Waals surface area contributed by atoms with Crippen LogP contribution < -0.4 is 0 Å². The van der Waals surface area contributed by atoms with Crippen LogP contribution in [0.4, 0.5) is 5.69 Å². The number of nitrogens with zero attached hydrogens (tertiary/aromatic N) is 4. The summed E-state index contributed by atoms with van der Waals surface area (Å²) in [6.07, 6.45) is 3.79. The van der Waals surface area contributed by atoms with Gasteiger partial charge in [-0.3, -0.25) is 19.7 Å². The molecule has 1 heterocycles. The normalized spacial score (nSPS) is 10.9. The molecule has 6 nitrogen and oxygen atoms in total. The maximum atomic E-state index is 10.7. The lowest BCUT2D eigenvalue weighted by atomic mass is 10.2. The minimum atomic E-state index is -0.370. The Labute approximate surface area is 111 Å². The zero-order valence-corrected chi connectivity index (χ0v) is 11.0. The first kappa shape index (κ1) is 13.2. The van der Waals surface area contributed by atoms with E-state index in [9.17, 15) is 10.1 Å². The maximum absolute atomic E-state index is 10.7. The Balaban J connectivity index is 2.00. The molecule has 0 bridgehead atoms. The molecule has 0 radical (unpaired) electrons. The van der Waals surface area contributed by atoms with Gasteiger partial charge < -0.3 is 0 Å². The van der Waals surface area contributed by atoms with E-state index in [2.05, 4.69) is 10.00 Å². The summed E-state index contributed by atoms with van der Waals surface area (Å²) in [6.45, 7) is 1.42. The highest BCUT2D eigenvalue weighted by atomic mass is 16.6. The molecule has 2 aromatic rings. The molecule has 0 spiro atoms. The first-order valence-electron chi connectivity index (χ1n) is 5.94. The van der Waals surface area contributed by atoms with E-state index in [1.807, 2.05) is 32.6 Å². The van der Waals surface area contributed by atoms with E-state index in [4.69, 9.17) is 0 Å². The fourth-order valence-corrected chi connectivity index (χ4v) is 2.00. The van der Waals surface area contributed by atoms with Gasteiger partial charge in [-0.2, -0.15) is 5.10 Å². The third-order valence-corrected chi connectivity index (χ3v) is 2.78. The number of non-ortho nitro benzene ring substituents is 1. The molecular weight excluding hydrogens is 244 g/mol. The van der Waals surface area contributed by atoms with Crippen molar-refractivity contribution in [3.8, 4) is 0 Å². The van der Waals surface area contributed by atoms with Gasteiger partial charge in [0.05, 0.1) is 11.1 Å². The van der Waals surface area contributed by atoms with Gasteiger partial charge in [0.15, 0.2) is 0 Å².